The van der Waals surface area contributed by atoms with Gasteiger partial charge in [0.15, 0.2) is 0 Å². The highest BCUT2D eigenvalue weighted by Gasteiger charge is 2.70. The number of hydrogen-bond donors (Lipinski definition) is 0. The Balaban J connectivity index is 1.13. The molecule has 5 aliphatic rings. The second-order valence-corrected chi connectivity index (χ2v) is 23.5. The molecule has 5 nitrogen and oxygen atoms in total. The number of hydrogen-bond acceptors (Lipinski definition) is 5. The first-order chi connectivity index (χ1) is 25.1. The van der Waals surface area contributed by atoms with Crippen molar-refractivity contribution in [1.82, 2.24) is 0 Å². The van der Waals surface area contributed by atoms with Gasteiger partial charge in [-0.1, -0.05) is 114 Å². The van der Waals surface area contributed by atoms with Gasteiger partial charge in [0.1, 0.15) is 17.6 Å². The molecule has 0 N–H and O–H groups in total. The van der Waals surface area contributed by atoms with Gasteiger partial charge in [0.05, 0.1) is 12.0 Å². The highest BCUT2D eigenvalue weighted by molar-refractivity contribution is 6.99. The van der Waals surface area contributed by atoms with Crippen LogP contribution >= 0.6 is 0 Å². The largest absolute Gasteiger partial charge is 0.494 e. The number of carbonyl (C=O) groups is 2. The van der Waals surface area contributed by atoms with Gasteiger partial charge in [-0.3, -0.25) is 9.59 Å². The van der Waals surface area contributed by atoms with Crippen LogP contribution in [-0.4, -0.2) is 38.9 Å². The standard InChI is InChI=1S/C47H64O5Si/c1-31(30-50-33(3)49)20-23-42-47(9,32(2)48)43-41(51-42)29-40-38-22-21-34-28-35(24-26-45(34,7)39(38)25-27-46(40,43)8)52-53(44(4,5)6,36-16-12-10-13-17-36)37-18-14-11-15-19-37/h10-19,21,23,31,35,38-41,43H,20,22,24-30H2,1-9H3/b42-23-/t31-,35-,38+,39-,40-,41-,43-,45-,46-,47?/m0/s1. The molecular weight excluding hydrogens is 673 g/mol. The summed E-state index contributed by atoms with van der Waals surface area (Å²) in [5.74, 6) is 2.96. The zero-order valence-corrected chi connectivity index (χ0v) is 34.9. The predicted octanol–water partition coefficient (Wildman–Crippen LogP) is 9.59. The minimum atomic E-state index is -2.64. The second kappa shape index (κ2) is 14.0. The summed E-state index contributed by atoms with van der Waals surface area (Å²) in [5, 5.41) is 2.68. The van der Waals surface area contributed by atoms with Crippen molar-refractivity contribution in [1.29, 1.82) is 0 Å². The van der Waals surface area contributed by atoms with E-state index in [0.29, 0.717) is 24.4 Å². The van der Waals surface area contributed by atoms with E-state index in [1.807, 2.05) is 0 Å². The van der Waals surface area contributed by atoms with Crippen molar-refractivity contribution >= 4 is 30.4 Å². The third-order valence-corrected chi connectivity index (χ3v) is 20.3. The number of rotatable bonds is 9. The number of benzene rings is 2. The monoisotopic (exact) mass is 736 g/mol. The smallest absolute Gasteiger partial charge is 0.302 e. The number of allylic oxidation sites excluding steroid dienone is 3. The third-order valence-electron chi connectivity index (χ3n) is 15.2. The van der Waals surface area contributed by atoms with E-state index in [1.165, 1.54) is 30.1 Å². The van der Waals surface area contributed by atoms with Gasteiger partial charge in [0.2, 0.25) is 0 Å². The van der Waals surface area contributed by atoms with Crippen LogP contribution in [0.1, 0.15) is 114 Å². The van der Waals surface area contributed by atoms with Crippen LogP contribution in [-0.2, 0) is 23.5 Å². The molecule has 0 amide bonds. The number of ketones is 1. The fraction of sp³-hybridized carbons (Fsp3) is 0.617. The average Bonchev–Trinajstić information content (AvgIpc) is 3.60. The molecule has 2 aromatic carbocycles. The summed E-state index contributed by atoms with van der Waals surface area (Å²) in [6, 6.07) is 22.2. The van der Waals surface area contributed by atoms with Crippen molar-refractivity contribution < 1.29 is 23.5 Å². The molecule has 1 unspecified atom stereocenters. The SMILES string of the molecule is CC(=O)OC[C@@H](C)C/C=C1\O[C@H]2C[C@H]3[C@@H]4CC=C5C[C@@H](O[Si](c6ccccc6)(c6ccccc6)C(C)(C)C)CC[C@]5(C)[C@H]4CC[C@]3(C)[C@H]2C1(C)C(C)=O. The lowest BCUT2D eigenvalue weighted by Gasteiger charge is -2.59. The van der Waals surface area contributed by atoms with Crippen molar-refractivity contribution in [2.45, 2.75) is 131 Å². The summed E-state index contributed by atoms with van der Waals surface area (Å²) in [5.41, 5.74) is 1.24. The molecule has 0 aromatic heterocycles. The van der Waals surface area contributed by atoms with Crippen molar-refractivity contribution in [3.05, 3.63) is 84.1 Å². The maximum Gasteiger partial charge on any atom is 0.302 e. The zero-order valence-electron chi connectivity index (χ0n) is 33.9. The van der Waals surface area contributed by atoms with Crippen LogP contribution in [0.15, 0.2) is 84.1 Å². The summed E-state index contributed by atoms with van der Waals surface area (Å²) in [7, 11) is -2.64. The van der Waals surface area contributed by atoms with Crippen LogP contribution in [0.25, 0.3) is 0 Å². The zero-order chi connectivity index (χ0) is 38.0. The second-order valence-electron chi connectivity index (χ2n) is 19.3. The van der Waals surface area contributed by atoms with E-state index in [1.54, 1.807) is 12.5 Å². The Hall–Kier alpha value is -2.96. The van der Waals surface area contributed by atoms with Crippen LogP contribution in [0.4, 0.5) is 0 Å². The molecule has 0 radical (unpaired) electrons. The van der Waals surface area contributed by atoms with Gasteiger partial charge in [-0.2, -0.15) is 0 Å². The molecule has 1 heterocycles. The van der Waals surface area contributed by atoms with Gasteiger partial charge < -0.3 is 13.9 Å². The van der Waals surface area contributed by atoms with Gasteiger partial charge in [-0.15, -0.1) is 0 Å². The quantitative estimate of drug-likeness (QED) is 0.146. The van der Waals surface area contributed by atoms with Crippen LogP contribution < -0.4 is 10.4 Å². The number of fused-ring (bicyclic) bond motifs is 7. The first kappa shape index (κ1) is 38.3. The molecule has 0 bridgehead atoms. The fourth-order valence-corrected chi connectivity index (χ4v) is 17.2. The maximum atomic E-state index is 13.7. The van der Waals surface area contributed by atoms with Gasteiger partial charge in [0.25, 0.3) is 8.32 Å². The average molecular weight is 737 g/mol. The maximum absolute atomic E-state index is 13.7. The van der Waals surface area contributed by atoms with Gasteiger partial charge >= 0.3 is 5.97 Å². The first-order valence-corrected chi connectivity index (χ1v) is 22.5. The topological polar surface area (TPSA) is 61.8 Å². The van der Waals surface area contributed by atoms with Gasteiger partial charge in [-0.25, -0.2) is 0 Å². The Bertz CT molecular complexity index is 1700. The molecule has 10 atom stereocenters. The first-order valence-electron chi connectivity index (χ1n) is 20.6. The molecule has 0 spiro atoms. The normalized spacial score (nSPS) is 36.3. The minimum absolute atomic E-state index is 0.0372. The molecule has 286 valence electrons. The lowest BCUT2D eigenvalue weighted by molar-refractivity contribution is -0.142. The molecular formula is C47H64O5Si. The Labute approximate surface area is 320 Å². The Morgan fingerprint density at radius 2 is 1.58 bits per heavy atom. The highest BCUT2D eigenvalue weighted by Crippen LogP contribution is 2.72. The molecule has 1 aliphatic heterocycles. The van der Waals surface area contributed by atoms with E-state index < -0.39 is 13.7 Å². The van der Waals surface area contributed by atoms with E-state index in [2.05, 4.69) is 121 Å². The van der Waals surface area contributed by atoms with Crippen molar-refractivity contribution in [2.24, 2.45) is 45.8 Å². The van der Waals surface area contributed by atoms with E-state index >= 15 is 0 Å². The molecule has 1 saturated heterocycles. The molecule has 6 heteroatoms. The molecule has 3 saturated carbocycles. The van der Waals surface area contributed by atoms with E-state index in [0.717, 1.165) is 44.3 Å². The molecule has 7 rings (SSSR count). The summed E-state index contributed by atoms with van der Waals surface area (Å²) >= 11 is 0. The molecule has 4 fully saturated rings. The summed E-state index contributed by atoms with van der Waals surface area (Å²) in [6.45, 7) is 20.1. The highest BCUT2D eigenvalue weighted by atomic mass is 28.4. The van der Waals surface area contributed by atoms with Crippen molar-refractivity contribution in [3.8, 4) is 0 Å². The summed E-state index contributed by atoms with van der Waals surface area (Å²) in [4.78, 5) is 25.1. The Morgan fingerprint density at radius 3 is 2.17 bits per heavy atom. The predicted molar refractivity (Wildman–Crippen MR) is 215 cm³/mol. The minimum Gasteiger partial charge on any atom is -0.494 e. The molecule has 53 heavy (non-hydrogen) atoms. The number of ether oxygens (including phenoxy) is 2. The molecule has 2 aromatic rings. The fourth-order valence-electron chi connectivity index (χ4n) is 12.5. The van der Waals surface area contributed by atoms with Crippen LogP contribution in [0.5, 0.6) is 0 Å². The lowest BCUT2D eigenvalue weighted by atomic mass is 9.46. The number of carbonyl (C=O) groups excluding carboxylic acids is 2. The van der Waals surface area contributed by atoms with Crippen LogP contribution in [0.3, 0.4) is 0 Å². The Kier molecular flexibility index (Phi) is 10.1. The van der Waals surface area contributed by atoms with Gasteiger partial charge in [0, 0.05) is 18.9 Å². The van der Waals surface area contributed by atoms with Crippen molar-refractivity contribution in [2.75, 3.05) is 6.61 Å². The Morgan fingerprint density at radius 1 is 0.943 bits per heavy atom. The summed E-state index contributed by atoms with van der Waals surface area (Å²) < 4.78 is 19.9. The third kappa shape index (κ3) is 6.22. The number of Topliss-reactive ketones (excluding diaryl/α,β-unsaturated/α-hetero) is 1. The van der Waals surface area contributed by atoms with Crippen molar-refractivity contribution in [3.63, 3.8) is 0 Å². The van der Waals surface area contributed by atoms with Crippen LogP contribution in [0.2, 0.25) is 5.04 Å². The van der Waals surface area contributed by atoms with E-state index in [-0.39, 0.29) is 51.7 Å². The summed E-state index contributed by atoms with van der Waals surface area (Å²) in [6.07, 6.45) is 13.6. The molecule has 4 aliphatic carbocycles. The van der Waals surface area contributed by atoms with Crippen LogP contribution in [0, 0.1) is 45.8 Å². The lowest BCUT2D eigenvalue weighted by Crippen LogP contribution is -2.68. The van der Waals surface area contributed by atoms with Gasteiger partial charge in [-0.05, 0) is 121 Å². The number of esters is 1. The van der Waals surface area contributed by atoms with E-state index in [4.69, 9.17) is 13.9 Å². The van der Waals surface area contributed by atoms with E-state index in [9.17, 15) is 9.59 Å².